The Morgan fingerprint density at radius 3 is 2.14 bits per heavy atom. The van der Waals surface area contributed by atoms with Crippen molar-refractivity contribution < 1.29 is 4.79 Å². The SMILES string of the molecule is CCN(CCN(CC)C(C)I)C(C)=O. The second-order valence-electron chi connectivity index (χ2n) is 3.30. The number of likely N-dealkylation sites (N-methyl/N-ethyl adjacent to an activating group) is 2. The summed E-state index contributed by atoms with van der Waals surface area (Å²) in [6.45, 7) is 11.6. The Hall–Kier alpha value is 0.160. The fourth-order valence-electron chi connectivity index (χ4n) is 1.37. The van der Waals surface area contributed by atoms with Gasteiger partial charge in [0, 0.05) is 26.6 Å². The summed E-state index contributed by atoms with van der Waals surface area (Å²) in [5, 5.41) is 0. The molecule has 0 heterocycles. The van der Waals surface area contributed by atoms with E-state index in [1.54, 1.807) is 6.92 Å². The summed E-state index contributed by atoms with van der Waals surface area (Å²) in [5.74, 6) is 0.171. The molecular formula is C10H21IN2O. The number of carbonyl (C=O) groups excluding carboxylic acids is 1. The highest BCUT2D eigenvalue weighted by Crippen LogP contribution is 2.06. The zero-order chi connectivity index (χ0) is 11.1. The summed E-state index contributed by atoms with van der Waals surface area (Å²) >= 11 is 2.40. The minimum atomic E-state index is 0.171. The third-order valence-corrected chi connectivity index (χ3v) is 3.18. The number of amides is 1. The first kappa shape index (κ1) is 14.2. The van der Waals surface area contributed by atoms with Crippen LogP contribution >= 0.6 is 22.6 Å². The summed E-state index contributed by atoms with van der Waals surface area (Å²) in [7, 11) is 0. The lowest BCUT2D eigenvalue weighted by molar-refractivity contribution is -0.128. The van der Waals surface area contributed by atoms with E-state index in [-0.39, 0.29) is 5.91 Å². The lowest BCUT2D eigenvalue weighted by Crippen LogP contribution is -2.39. The summed E-state index contributed by atoms with van der Waals surface area (Å²) < 4.78 is 0.531. The van der Waals surface area contributed by atoms with Crippen LogP contribution in [0.5, 0.6) is 0 Å². The van der Waals surface area contributed by atoms with Gasteiger partial charge < -0.3 is 4.90 Å². The molecule has 0 rings (SSSR count). The fourth-order valence-corrected chi connectivity index (χ4v) is 2.05. The molecule has 0 radical (unpaired) electrons. The van der Waals surface area contributed by atoms with Gasteiger partial charge in [-0.1, -0.05) is 29.5 Å². The second-order valence-corrected chi connectivity index (χ2v) is 5.10. The van der Waals surface area contributed by atoms with Crippen molar-refractivity contribution in [3.8, 4) is 0 Å². The Kier molecular flexibility index (Phi) is 7.54. The largest absolute Gasteiger partial charge is 0.342 e. The van der Waals surface area contributed by atoms with Crippen molar-refractivity contribution in [1.82, 2.24) is 9.80 Å². The topological polar surface area (TPSA) is 23.6 Å². The van der Waals surface area contributed by atoms with Crippen molar-refractivity contribution in [3.05, 3.63) is 0 Å². The van der Waals surface area contributed by atoms with Crippen LogP contribution in [0.4, 0.5) is 0 Å². The Balaban J connectivity index is 3.94. The molecule has 0 bridgehead atoms. The number of hydrogen-bond acceptors (Lipinski definition) is 2. The maximum atomic E-state index is 11.2. The third kappa shape index (κ3) is 5.14. The van der Waals surface area contributed by atoms with Crippen LogP contribution in [0.3, 0.4) is 0 Å². The van der Waals surface area contributed by atoms with Crippen LogP contribution in [0.2, 0.25) is 0 Å². The van der Waals surface area contributed by atoms with Gasteiger partial charge in [0.2, 0.25) is 5.91 Å². The standard InChI is InChI=1S/C10H21IN2O/c1-5-12(9(3)11)7-8-13(6-2)10(4)14/h9H,5-8H2,1-4H3. The molecule has 14 heavy (non-hydrogen) atoms. The molecule has 0 saturated carbocycles. The highest BCUT2D eigenvalue weighted by Gasteiger charge is 2.11. The molecule has 0 aliphatic carbocycles. The molecule has 3 nitrogen and oxygen atoms in total. The van der Waals surface area contributed by atoms with Gasteiger partial charge in [-0.3, -0.25) is 9.69 Å². The molecule has 0 aliphatic heterocycles. The van der Waals surface area contributed by atoms with E-state index in [0.717, 1.165) is 26.2 Å². The van der Waals surface area contributed by atoms with Crippen LogP contribution < -0.4 is 0 Å². The predicted molar refractivity (Wildman–Crippen MR) is 68.7 cm³/mol. The molecule has 0 aliphatic rings. The first-order valence-corrected chi connectivity index (χ1v) is 6.41. The number of hydrogen-bond donors (Lipinski definition) is 0. The van der Waals surface area contributed by atoms with E-state index in [9.17, 15) is 4.79 Å². The van der Waals surface area contributed by atoms with E-state index in [4.69, 9.17) is 0 Å². The minimum absolute atomic E-state index is 0.171. The maximum Gasteiger partial charge on any atom is 0.219 e. The monoisotopic (exact) mass is 312 g/mol. The van der Waals surface area contributed by atoms with E-state index in [1.165, 1.54) is 0 Å². The summed E-state index contributed by atoms with van der Waals surface area (Å²) in [6, 6.07) is 0. The number of nitrogens with zero attached hydrogens (tertiary/aromatic N) is 2. The first-order valence-electron chi connectivity index (χ1n) is 5.16. The molecule has 0 aromatic heterocycles. The fraction of sp³-hybridized carbons (Fsp3) is 0.900. The second kappa shape index (κ2) is 7.45. The van der Waals surface area contributed by atoms with Crippen LogP contribution in [-0.2, 0) is 4.79 Å². The van der Waals surface area contributed by atoms with E-state index < -0.39 is 0 Å². The zero-order valence-electron chi connectivity index (χ0n) is 9.59. The quantitative estimate of drug-likeness (QED) is 0.425. The van der Waals surface area contributed by atoms with Gasteiger partial charge in [-0.25, -0.2) is 0 Å². The van der Waals surface area contributed by atoms with Crippen molar-refractivity contribution in [2.45, 2.75) is 31.7 Å². The van der Waals surface area contributed by atoms with Gasteiger partial charge in [-0.15, -0.1) is 0 Å². The summed E-state index contributed by atoms with van der Waals surface area (Å²) in [5.41, 5.74) is 0. The minimum Gasteiger partial charge on any atom is -0.342 e. The van der Waals surface area contributed by atoms with E-state index >= 15 is 0 Å². The molecule has 4 heteroatoms. The molecular weight excluding hydrogens is 291 g/mol. The number of carbonyl (C=O) groups is 1. The Labute approximate surface area is 101 Å². The highest BCUT2D eigenvalue weighted by molar-refractivity contribution is 14.1. The molecule has 1 atom stereocenters. The van der Waals surface area contributed by atoms with E-state index in [2.05, 4.69) is 41.3 Å². The Bertz CT molecular complexity index is 174. The van der Waals surface area contributed by atoms with Gasteiger partial charge in [-0.05, 0) is 20.4 Å². The molecule has 0 fully saturated rings. The van der Waals surface area contributed by atoms with Crippen molar-refractivity contribution in [2.75, 3.05) is 26.2 Å². The van der Waals surface area contributed by atoms with Gasteiger partial charge in [0.05, 0.1) is 4.05 Å². The van der Waals surface area contributed by atoms with Gasteiger partial charge in [-0.2, -0.15) is 0 Å². The molecule has 0 aromatic rings. The first-order chi connectivity index (χ1) is 6.52. The maximum absolute atomic E-state index is 11.2. The highest BCUT2D eigenvalue weighted by atomic mass is 127. The van der Waals surface area contributed by atoms with Crippen LogP contribution in [0.15, 0.2) is 0 Å². The lowest BCUT2D eigenvalue weighted by atomic mass is 10.4. The van der Waals surface area contributed by atoms with Gasteiger partial charge in [0.1, 0.15) is 0 Å². The van der Waals surface area contributed by atoms with E-state index in [0.29, 0.717) is 4.05 Å². The van der Waals surface area contributed by atoms with Crippen LogP contribution in [0.25, 0.3) is 0 Å². The number of alkyl halides is 1. The van der Waals surface area contributed by atoms with Gasteiger partial charge >= 0.3 is 0 Å². The number of rotatable bonds is 6. The van der Waals surface area contributed by atoms with Crippen LogP contribution in [-0.4, -0.2) is 45.9 Å². The smallest absolute Gasteiger partial charge is 0.219 e. The summed E-state index contributed by atoms with van der Waals surface area (Å²) in [6.07, 6.45) is 0. The Morgan fingerprint density at radius 2 is 1.86 bits per heavy atom. The van der Waals surface area contributed by atoms with Crippen LogP contribution in [0, 0.1) is 0 Å². The molecule has 84 valence electrons. The predicted octanol–water partition coefficient (Wildman–Crippen LogP) is 1.96. The third-order valence-electron chi connectivity index (χ3n) is 2.39. The molecule has 0 saturated heterocycles. The van der Waals surface area contributed by atoms with Crippen LogP contribution in [0.1, 0.15) is 27.7 Å². The van der Waals surface area contributed by atoms with Crippen molar-refractivity contribution in [3.63, 3.8) is 0 Å². The summed E-state index contributed by atoms with van der Waals surface area (Å²) in [4.78, 5) is 15.4. The Morgan fingerprint density at radius 1 is 1.29 bits per heavy atom. The average Bonchev–Trinajstić information content (AvgIpc) is 2.11. The lowest BCUT2D eigenvalue weighted by Gasteiger charge is -2.27. The van der Waals surface area contributed by atoms with E-state index in [1.807, 2.05) is 11.8 Å². The molecule has 0 spiro atoms. The molecule has 1 unspecified atom stereocenters. The van der Waals surface area contributed by atoms with Gasteiger partial charge in [0.15, 0.2) is 0 Å². The zero-order valence-corrected chi connectivity index (χ0v) is 11.7. The average molecular weight is 312 g/mol. The van der Waals surface area contributed by atoms with Crippen molar-refractivity contribution >= 4 is 28.5 Å². The number of halogens is 1. The normalized spacial score (nSPS) is 13.0. The van der Waals surface area contributed by atoms with Crippen molar-refractivity contribution in [2.24, 2.45) is 0 Å². The van der Waals surface area contributed by atoms with Crippen molar-refractivity contribution in [1.29, 1.82) is 0 Å². The molecule has 1 amide bonds. The van der Waals surface area contributed by atoms with Gasteiger partial charge in [0.25, 0.3) is 0 Å². The molecule has 0 N–H and O–H groups in total. The molecule has 0 aromatic carbocycles.